The van der Waals surface area contributed by atoms with Gasteiger partial charge >= 0.3 is 0 Å². The van der Waals surface area contributed by atoms with Crippen LogP contribution < -0.4 is 0 Å². The lowest BCUT2D eigenvalue weighted by atomic mass is 9.85. The molecule has 1 aliphatic heterocycles. The minimum Gasteiger partial charge on any atom is -0.337 e. The highest BCUT2D eigenvalue weighted by atomic mass is 16.5. The SMILES string of the molecule is CN1CCN(C(c2ccccc2)c2nc(C(C)(C)Cc3ccccc3)no2)CC1. The van der Waals surface area contributed by atoms with Crippen LogP contribution in [0.5, 0.6) is 0 Å². The molecule has 0 N–H and O–H groups in total. The van der Waals surface area contributed by atoms with Gasteiger partial charge in [-0.05, 0) is 24.6 Å². The summed E-state index contributed by atoms with van der Waals surface area (Å²) >= 11 is 0. The van der Waals surface area contributed by atoms with Crippen LogP contribution in [0.4, 0.5) is 0 Å². The van der Waals surface area contributed by atoms with Crippen LogP contribution in [0.3, 0.4) is 0 Å². The van der Waals surface area contributed by atoms with Gasteiger partial charge in [0, 0.05) is 31.6 Å². The molecule has 1 aliphatic rings. The second kappa shape index (κ2) is 8.47. The van der Waals surface area contributed by atoms with Gasteiger partial charge in [-0.25, -0.2) is 0 Å². The highest BCUT2D eigenvalue weighted by molar-refractivity contribution is 5.25. The van der Waals surface area contributed by atoms with Gasteiger partial charge in [-0.2, -0.15) is 4.98 Å². The van der Waals surface area contributed by atoms with Crippen molar-refractivity contribution in [2.45, 2.75) is 31.7 Å². The Morgan fingerprint density at radius 2 is 1.55 bits per heavy atom. The first-order chi connectivity index (χ1) is 14.0. The molecule has 2 heterocycles. The Morgan fingerprint density at radius 3 is 2.21 bits per heavy atom. The third-order valence-electron chi connectivity index (χ3n) is 5.79. The van der Waals surface area contributed by atoms with Crippen molar-refractivity contribution in [1.82, 2.24) is 19.9 Å². The summed E-state index contributed by atoms with van der Waals surface area (Å²) in [5.74, 6) is 1.46. The van der Waals surface area contributed by atoms with E-state index in [1.807, 2.05) is 12.1 Å². The van der Waals surface area contributed by atoms with E-state index >= 15 is 0 Å². The van der Waals surface area contributed by atoms with Crippen molar-refractivity contribution < 1.29 is 4.52 Å². The minimum absolute atomic E-state index is 0.00123. The topological polar surface area (TPSA) is 45.4 Å². The first-order valence-electron chi connectivity index (χ1n) is 10.4. The number of hydrogen-bond acceptors (Lipinski definition) is 5. The van der Waals surface area contributed by atoms with Gasteiger partial charge < -0.3 is 9.42 Å². The highest BCUT2D eigenvalue weighted by Crippen LogP contribution is 2.31. The van der Waals surface area contributed by atoms with Crippen LogP contribution in [0.1, 0.15) is 42.7 Å². The largest absolute Gasteiger partial charge is 0.337 e. The average Bonchev–Trinajstić information content (AvgIpc) is 3.22. The molecule has 152 valence electrons. The number of benzene rings is 2. The third kappa shape index (κ3) is 4.57. The summed E-state index contributed by atoms with van der Waals surface area (Å²) in [5, 5.41) is 4.42. The molecular weight excluding hydrogens is 360 g/mol. The molecule has 29 heavy (non-hydrogen) atoms. The van der Waals surface area contributed by atoms with Crippen LogP contribution in [-0.4, -0.2) is 53.2 Å². The molecule has 1 saturated heterocycles. The van der Waals surface area contributed by atoms with Crippen LogP contribution >= 0.6 is 0 Å². The Kier molecular flexibility index (Phi) is 5.79. The van der Waals surface area contributed by atoms with Crippen molar-refractivity contribution in [2.24, 2.45) is 0 Å². The molecule has 0 radical (unpaired) electrons. The molecule has 0 bridgehead atoms. The summed E-state index contributed by atoms with van der Waals surface area (Å²) in [5.41, 5.74) is 2.28. The zero-order valence-electron chi connectivity index (χ0n) is 17.6. The van der Waals surface area contributed by atoms with E-state index in [1.165, 1.54) is 11.1 Å². The van der Waals surface area contributed by atoms with Crippen molar-refractivity contribution in [3.63, 3.8) is 0 Å². The van der Waals surface area contributed by atoms with E-state index in [9.17, 15) is 0 Å². The van der Waals surface area contributed by atoms with Gasteiger partial charge in [0.2, 0.25) is 5.89 Å². The zero-order chi connectivity index (χ0) is 20.3. The van der Waals surface area contributed by atoms with Crippen molar-refractivity contribution in [3.8, 4) is 0 Å². The fourth-order valence-electron chi connectivity index (χ4n) is 4.03. The third-order valence-corrected chi connectivity index (χ3v) is 5.79. The maximum absolute atomic E-state index is 5.87. The van der Waals surface area contributed by atoms with Crippen LogP contribution in [0.15, 0.2) is 65.2 Å². The smallest absolute Gasteiger partial charge is 0.248 e. The molecule has 3 aromatic rings. The van der Waals surface area contributed by atoms with E-state index in [-0.39, 0.29) is 11.5 Å². The number of nitrogens with zero attached hydrogens (tertiary/aromatic N) is 4. The number of hydrogen-bond donors (Lipinski definition) is 0. The van der Waals surface area contributed by atoms with Gasteiger partial charge in [0.05, 0.1) is 0 Å². The van der Waals surface area contributed by atoms with Crippen molar-refractivity contribution >= 4 is 0 Å². The fraction of sp³-hybridized carbons (Fsp3) is 0.417. The molecule has 1 aromatic heterocycles. The van der Waals surface area contributed by atoms with Gasteiger partial charge in [0.15, 0.2) is 5.82 Å². The lowest BCUT2D eigenvalue weighted by Gasteiger charge is -2.36. The summed E-state index contributed by atoms with van der Waals surface area (Å²) < 4.78 is 5.87. The predicted octanol–water partition coefficient (Wildman–Crippen LogP) is 3.93. The summed E-state index contributed by atoms with van der Waals surface area (Å²) in [4.78, 5) is 9.73. The van der Waals surface area contributed by atoms with Crippen LogP contribution in [0, 0.1) is 0 Å². The molecule has 1 fully saturated rings. The number of piperazine rings is 1. The van der Waals surface area contributed by atoms with Gasteiger partial charge in [-0.1, -0.05) is 79.7 Å². The number of aromatic nitrogens is 2. The first kappa shape index (κ1) is 19.8. The number of rotatable bonds is 6. The minimum atomic E-state index is -0.202. The summed E-state index contributed by atoms with van der Waals surface area (Å²) in [6, 6.07) is 21.0. The molecule has 0 amide bonds. The van der Waals surface area contributed by atoms with Crippen molar-refractivity contribution in [2.75, 3.05) is 33.2 Å². The molecule has 0 spiro atoms. The second-order valence-electron chi connectivity index (χ2n) is 8.65. The number of likely N-dealkylation sites (N-methyl/N-ethyl adjacent to an activating group) is 1. The van der Waals surface area contributed by atoms with Crippen molar-refractivity contribution in [3.05, 3.63) is 83.5 Å². The Bertz CT molecular complexity index is 899. The van der Waals surface area contributed by atoms with E-state index in [2.05, 4.69) is 84.4 Å². The van der Waals surface area contributed by atoms with Gasteiger partial charge in [0.1, 0.15) is 6.04 Å². The molecule has 0 aliphatic carbocycles. The zero-order valence-corrected chi connectivity index (χ0v) is 17.6. The van der Waals surface area contributed by atoms with Crippen molar-refractivity contribution in [1.29, 1.82) is 0 Å². The molecule has 0 saturated carbocycles. The molecule has 2 aromatic carbocycles. The standard InChI is InChI=1S/C24H30N4O/c1-24(2,18-19-10-6-4-7-11-19)23-25-22(29-26-23)21(20-12-8-5-9-13-20)28-16-14-27(3)15-17-28/h4-13,21H,14-18H2,1-3H3. The van der Waals surface area contributed by atoms with E-state index in [0.29, 0.717) is 5.89 Å². The van der Waals surface area contributed by atoms with Gasteiger partial charge in [0.25, 0.3) is 0 Å². The molecule has 4 rings (SSSR count). The Hall–Kier alpha value is -2.50. The lowest BCUT2D eigenvalue weighted by Crippen LogP contribution is -2.46. The lowest BCUT2D eigenvalue weighted by molar-refractivity contribution is 0.111. The van der Waals surface area contributed by atoms with Gasteiger partial charge in [-0.3, -0.25) is 4.90 Å². The quantitative estimate of drug-likeness (QED) is 0.638. The summed E-state index contributed by atoms with van der Waals surface area (Å²) in [7, 11) is 2.17. The molecule has 5 heteroatoms. The van der Waals surface area contributed by atoms with E-state index in [1.54, 1.807) is 0 Å². The van der Waals surface area contributed by atoms with E-state index in [4.69, 9.17) is 9.51 Å². The second-order valence-corrected chi connectivity index (χ2v) is 8.65. The van der Waals surface area contributed by atoms with E-state index in [0.717, 1.165) is 38.4 Å². The Balaban J connectivity index is 1.62. The fourth-order valence-corrected chi connectivity index (χ4v) is 4.03. The van der Waals surface area contributed by atoms with Crippen LogP contribution in [-0.2, 0) is 11.8 Å². The monoisotopic (exact) mass is 390 g/mol. The summed E-state index contributed by atoms with van der Waals surface area (Å²) in [6.45, 7) is 8.43. The first-order valence-corrected chi connectivity index (χ1v) is 10.4. The molecule has 1 unspecified atom stereocenters. The molecule has 5 nitrogen and oxygen atoms in total. The average molecular weight is 391 g/mol. The normalized spacial score (nSPS) is 17.3. The van der Waals surface area contributed by atoms with E-state index < -0.39 is 0 Å². The Morgan fingerprint density at radius 1 is 0.931 bits per heavy atom. The maximum Gasteiger partial charge on any atom is 0.248 e. The molecular formula is C24H30N4O. The van der Waals surface area contributed by atoms with Crippen LogP contribution in [0.25, 0.3) is 0 Å². The molecule has 1 atom stereocenters. The summed E-state index contributed by atoms with van der Waals surface area (Å²) in [6.07, 6.45) is 0.872. The van der Waals surface area contributed by atoms with Gasteiger partial charge in [-0.15, -0.1) is 0 Å². The Labute approximate surface area is 173 Å². The van der Waals surface area contributed by atoms with Crippen LogP contribution in [0.2, 0.25) is 0 Å². The maximum atomic E-state index is 5.87. The highest BCUT2D eigenvalue weighted by Gasteiger charge is 2.33. The predicted molar refractivity (Wildman–Crippen MR) is 115 cm³/mol.